The number of fused-ring (bicyclic) bond motifs is 2. The van der Waals surface area contributed by atoms with E-state index >= 15 is 0 Å². The first-order chi connectivity index (χ1) is 17.5. The number of imidazole rings is 2. The van der Waals surface area contributed by atoms with Crippen molar-refractivity contribution in [1.82, 2.24) is 24.0 Å². The van der Waals surface area contributed by atoms with E-state index in [4.69, 9.17) is 19.4 Å². The van der Waals surface area contributed by atoms with Gasteiger partial charge in [0.05, 0.1) is 36.3 Å². The highest BCUT2D eigenvalue weighted by Crippen LogP contribution is 2.33. The van der Waals surface area contributed by atoms with Crippen LogP contribution in [0.15, 0.2) is 60.7 Å². The van der Waals surface area contributed by atoms with E-state index in [9.17, 15) is 0 Å². The van der Waals surface area contributed by atoms with Gasteiger partial charge in [0.25, 0.3) is 0 Å². The Bertz CT molecular complexity index is 1520. The monoisotopic (exact) mass is 483 g/mol. The minimum absolute atomic E-state index is 0.822. The van der Waals surface area contributed by atoms with Crippen LogP contribution in [0.1, 0.15) is 13.3 Å². The van der Waals surface area contributed by atoms with Gasteiger partial charge >= 0.3 is 0 Å². The molecule has 0 saturated carbocycles. The Hall–Kier alpha value is -3.84. The van der Waals surface area contributed by atoms with Gasteiger partial charge in [0.15, 0.2) is 0 Å². The van der Waals surface area contributed by atoms with Gasteiger partial charge in [-0.3, -0.25) is 0 Å². The number of rotatable bonds is 9. The van der Waals surface area contributed by atoms with Gasteiger partial charge in [-0.05, 0) is 56.9 Å². The van der Waals surface area contributed by atoms with Gasteiger partial charge in [0, 0.05) is 30.8 Å². The molecule has 0 aliphatic heterocycles. The van der Waals surface area contributed by atoms with E-state index in [-0.39, 0.29) is 0 Å². The molecule has 0 N–H and O–H groups in total. The maximum absolute atomic E-state index is 5.49. The summed E-state index contributed by atoms with van der Waals surface area (Å²) in [6.45, 7) is 4.81. The Kier molecular flexibility index (Phi) is 6.65. The summed E-state index contributed by atoms with van der Waals surface area (Å²) < 4.78 is 15.6. The highest BCUT2D eigenvalue weighted by Gasteiger charge is 2.19. The van der Waals surface area contributed by atoms with Gasteiger partial charge in [-0.25, -0.2) is 9.97 Å². The molecular weight excluding hydrogens is 450 g/mol. The predicted octanol–water partition coefficient (Wildman–Crippen LogP) is 5.71. The Balaban J connectivity index is 1.73. The molecule has 5 rings (SSSR count). The third kappa shape index (κ3) is 4.42. The van der Waals surface area contributed by atoms with Crippen molar-refractivity contribution >= 4 is 22.1 Å². The van der Waals surface area contributed by atoms with Crippen molar-refractivity contribution in [2.24, 2.45) is 0 Å². The van der Waals surface area contributed by atoms with Crippen molar-refractivity contribution < 1.29 is 9.47 Å². The van der Waals surface area contributed by atoms with Crippen molar-refractivity contribution in [3.05, 3.63) is 60.7 Å². The number of hydrogen-bond acceptors (Lipinski definition) is 5. The van der Waals surface area contributed by atoms with Crippen LogP contribution in [0.5, 0.6) is 11.5 Å². The van der Waals surface area contributed by atoms with Gasteiger partial charge in [-0.15, -0.1) is 0 Å². The van der Waals surface area contributed by atoms with E-state index in [1.165, 1.54) is 0 Å². The summed E-state index contributed by atoms with van der Waals surface area (Å²) in [5.74, 6) is 3.54. The highest BCUT2D eigenvalue weighted by atomic mass is 16.5. The molecule has 7 nitrogen and oxygen atoms in total. The lowest BCUT2D eigenvalue weighted by Crippen LogP contribution is -2.18. The zero-order chi connectivity index (χ0) is 25.2. The second kappa shape index (κ2) is 10.0. The average molecular weight is 484 g/mol. The molecule has 0 spiro atoms. The summed E-state index contributed by atoms with van der Waals surface area (Å²) in [6.07, 6.45) is 1.01. The number of hydrogen-bond donors (Lipinski definition) is 0. The number of ether oxygens (including phenoxy) is 2. The van der Waals surface area contributed by atoms with Crippen LogP contribution < -0.4 is 9.47 Å². The molecule has 0 fully saturated rings. The maximum Gasteiger partial charge on any atom is 0.141 e. The van der Waals surface area contributed by atoms with Crippen molar-refractivity contribution in [2.75, 3.05) is 34.9 Å². The van der Waals surface area contributed by atoms with Gasteiger partial charge in [-0.1, -0.05) is 31.2 Å². The van der Waals surface area contributed by atoms with Crippen molar-refractivity contribution in [3.8, 4) is 34.3 Å². The van der Waals surface area contributed by atoms with Crippen LogP contribution in [0.3, 0.4) is 0 Å². The average Bonchev–Trinajstić information content (AvgIpc) is 3.44. The molecule has 0 saturated heterocycles. The fourth-order valence-corrected chi connectivity index (χ4v) is 4.68. The van der Waals surface area contributed by atoms with E-state index in [1.807, 2.05) is 36.4 Å². The summed E-state index contributed by atoms with van der Waals surface area (Å²) in [7, 11) is 7.58. The minimum atomic E-state index is 0.822. The molecule has 186 valence electrons. The molecule has 3 aromatic carbocycles. The molecule has 0 amide bonds. The van der Waals surface area contributed by atoms with Crippen LogP contribution in [0.4, 0.5) is 0 Å². The Labute approximate surface area is 211 Å². The van der Waals surface area contributed by atoms with Crippen LogP contribution in [0.25, 0.3) is 44.8 Å². The first-order valence-electron chi connectivity index (χ1n) is 12.4. The predicted molar refractivity (Wildman–Crippen MR) is 146 cm³/mol. The molecule has 0 radical (unpaired) electrons. The van der Waals surface area contributed by atoms with Crippen LogP contribution in [-0.4, -0.2) is 58.9 Å². The van der Waals surface area contributed by atoms with Crippen LogP contribution in [0.2, 0.25) is 0 Å². The van der Waals surface area contributed by atoms with E-state index in [1.54, 1.807) is 14.2 Å². The molecule has 5 aromatic rings. The number of benzene rings is 3. The molecule has 7 heteroatoms. The van der Waals surface area contributed by atoms with Crippen LogP contribution in [0, 0.1) is 0 Å². The smallest absolute Gasteiger partial charge is 0.141 e. The quantitative estimate of drug-likeness (QED) is 0.269. The van der Waals surface area contributed by atoms with Crippen LogP contribution in [-0.2, 0) is 13.1 Å². The number of aromatic nitrogens is 4. The van der Waals surface area contributed by atoms with Crippen LogP contribution >= 0.6 is 0 Å². The normalized spacial score (nSPS) is 11.6. The van der Waals surface area contributed by atoms with Gasteiger partial charge in [0.1, 0.15) is 23.1 Å². The molecule has 0 atom stereocenters. The van der Waals surface area contributed by atoms with E-state index in [0.29, 0.717) is 0 Å². The summed E-state index contributed by atoms with van der Waals surface area (Å²) in [5.41, 5.74) is 6.20. The van der Waals surface area contributed by atoms with Crippen molar-refractivity contribution in [3.63, 3.8) is 0 Å². The number of methoxy groups -OCH3 is 2. The second-order valence-electron chi connectivity index (χ2n) is 9.27. The van der Waals surface area contributed by atoms with Crippen molar-refractivity contribution in [2.45, 2.75) is 26.4 Å². The van der Waals surface area contributed by atoms with Gasteiger partial charge in [0.2, 0.25) is 0 Å². The molecule has 0 aliphatic rings. The molecule has 0 unspecified atom stereocenters. The number of aryl methyl sites for hydroxylation is 1. The summed E-state index contributed by atoms with van der Waals surface area (Å²) in [4.78, 5) is 12.4. The molecule has 2 aromatic heterocycles. The largest absolute Gasteiger partial charge is 0.497 e. The molecule has 0 aliphatic carbocycles. The maximum atomic E-state index is 5.49. The third-order valence-corrected chi connectivity index (χ3v) is 6.49. The third-order valence-electron chi connectivity index (χ3n) is 6.49. The standard InChI is InChI=1S/C29H33N5O2/c1-6-13-33-26-19-27-25(18-24(26)30-28(33)20-9-7-11-22(16-20)35-4)31-29(34(27)15-14-32(2)3)21-10-8-12-23(17-21)36-5/h7-12,16-19H,6,13-15H2,1-5H3. The number of nitrogens with zero attached hydrogens (tertiary/aromatic N) is 5. The van der Waals surface area contributed by atoms with E-state index in [0.717, 1.165) is 82.4 Å². The Morgan fingerprint density at radius 3 is 1.72 bits per heavy atom. The fourth-order valence-electron chi connectivity index (χ4n) is 4.68. The van der Waals surface area contributed by atoms with E-state index in [2.05, 4.69) is 59.3 Å². The molecule has 0 bridgehead atoms. The fraction of sp³-hybridized carbons (Fsp3) is 0.310. The Morgan fingerprint density at radius 2 is 1.25 bits per heavy atom. The van der Waals surface area contributed by atoms with Gasteiger partial charge in [-0.2, -0.15) is 0 Å². The zero-order valence-corrected chi connectivity index (χ0v) is 21.7. The molecular formula is C29H33N5O2. The minimum Gasteiger partial charge on any atom is -0.497 e. The summed E-state index contributed by atoms with van der Waals surface area (Å²) >= 11 is 0. The van der Waals surface area contributed by atoms with Gasteiger partial charge < -0.3 is 23.5 Å². The lowest BCUT2D eigenvalue weighted by atomic mass is 10.2. The summed E-state index contributed by atoms with van der Waals surface area (Å²) in [6, 6.07) is 20.6. The van der Waals surface area contributed by atoms with E-state index < -0.39 is 0 Å². The molecule has 36 heavy (non-hydrogen) atoms. The molecule has 2 heterocycles. The first kappa shape index (κ1) is 23.9. The first-order valence-corrected chi connectivity index (χ1v) is 12.4. The highest BCUT2D eigenvalue weighted by molar-refractivity contribution is 5.95. The lowest BCUT2D eigenvalue weighted by molar-refractivity contribution is 0.387. The topological polar surface area (TPSA) is 57.3 Å². The van der Waals surface area contributed by atoms with Crippen molar-refractivity contribution in [1.29, 1.82) is 0 Å². The lowest BCUT2D eigenvalue weighted by Gasteiger charge is -2.14. The summed E-state index contributed by atoms with van der Waals surface area (Å²) in [5, 5.41) is 0. The Morgan fingerprint density at radius 1 is 0.722 bits per heavy atom. The second-order valence-corrected chi connectivity index (χ2v) is 9.27. The zero-order valence-electron chi connectivity index (χ0n) is 21.7. The SMILES string of the molecule is CCCn1c(-c2cccc(OC)c2)nc2cc3nc(-c4cccc(OC)c4)n(CCN(C)C)c3cc21. The number of likely N-dealkylation sites (N-methyl/N-ethyl adjacent to an activating group) is 1.